The summed E-state index contributed by atoms with van der Waals surface area (Å²) in [6.07, 6.45) is 4.07. The van der Waals surface area contributed by atoms with Gasteiger partial charge in [-0.25, -0.2) is 13.6 Å². The summed E-state index contributed by atoms with van der Waals surface area (Å²) in [5, 5.41) is 33.2. The lowest BCUT2D eigenvalue weighted by Crippen LogP contribution is -2.52. The smallest absolute Gasteiger partial charge is 0.454 e. The molecular formula is C29H37BF2N4O6. The summed E-state index contributed by atoms with van der Waals surface area (Å²) in [6, 6.07) is 7.82. The number of halogens is 2. The molecule has 2 aliphatic heterocycles. The van der Waals surface area contributed by atoms with Crippen molar-refractivity contribution < 1.29 is 37.6 Å². The van der Waals surface area contributed by atoms with Crippen molar-refractivity contribution in [3.8, 4) is 6.07 Å². The lowest BCUT2D eigenvalue weighted by molar-refractivity contribution is -0.131. The maximum atomic E-state index is 14.1. The second-order valence-corrected chi connectivity index (χ2v) is 11.6. The van der Waals surface area contributed by atoms with Gasteiger partial charge in [0.15, 0.2) is 0 Å². The molecule has 226 valence electrons. The molecule has 2 saturated heterocycles. The number of amides is 2. The first kappa shape index (κ1) is 31.5. The maximum Gasteiger partial charge on any atom is 0.454 e. The van der Waals surface area contributed by atoms with Crippen molar-refractivity contribution in [3.05, 3.63) is 47.9 Å². The van der Waals surface area contributed by atoms with Gasteiger partial charge in [-0.3, -0.25) is 9.69 Å². The van der Waals surface area contributed by atoms with E-state index in [4.69, 9.17) is 9.15 Å². The van der Waals surface area contributed by atoms with Crippen molar-refractivity contribution in [1.82, 2.24) is 15.1 Å². The summed E-state index contributed by atoms with van der Waals surface area (Å²) in [4.78, 5) is 29.4. The van der Waals surface area contributed by atoms with Crippen LogP contribution in [0.2, 0.25) is 6.32 Å². The van der Waals surface area contributed by atoms with Gasteiger partial charge in [0.05, 0.1) is 24.9 Å². The van der Waals surface area contributed by atoms with E-state index in [1.54, 1.807) is 30.9 Å². The fourth-order valence-electron chi connectivity index (χ4n) is 5.72. The largest absolute Gasteiger partial charge is 0.466 e. The minimum Gasteiger partial charge on any atom is -0.466 e. The zero-order valence-electron chi connectivity index (χ0n) is 23.9. The molecule has 4 rings (SSSR count). The third kappa shape index (κ3) is 7.67. The average molecular weight is 586 g/mol. The molecule has 1 aromatic heterocycles. The van der Waals surface area contributed by atoms with Crippen LogP contribution in [0.1, 0.15) is 57.8 Å². The molecule has 3 heterocycles. The fraction of sp³-hybridized carbons (Fsp3) is 0.552. The van der Waals surface area contributed by atoms with Crippen LogP contribution in [0.15, 0.2) is 46.6 Å². The van der Waals surface area contributed by atoms with Crippen LogP contribution in [0.4, 0.5) is 13.6 Å². The van der Waals surface area contributed by atoms with Gasteiger partial charge < -0.3 is 29.4 Å². The molecule has 1 aromatic carbocycles. The Bertz CT molecular complexity index is 1340. The van der Waals surface area contributed by atoms with Crippen molar-refractivity contribution in [2.75, 3.05) is 26.2 Å². The standard InChI is InChI=1S/C29H37BF2N4O6/c1-28(2,35-12-7-11-29(31,32)19-35)14-21(16-33)26(37)36-13-6-5-9-22(36)18-42-27(38)34-24(15-30(39)40)25-23-10-4-3-8-20(23)17-41-25/h3-4,8,10,14,17,22,24,39-40H,5-7,9,11-13,15,18-19H2,1-2H3,(H,34,38)/t22-,24?/m1/s1. The number of furan rings is 1. The number of nitriles is 1. The van der Waals surface area contributed by atoms with Gasteiger partial charge in [-0.2, -0.15) is 5.26 Å². The molecular weight excluding hydrogens is 549 g/mol. The number of carbonyl (C=O) groups excluding carboxylic acids is 2. The normalized spacial score (nSPS) is 20.5. The summed E-state index contributed by atoms with van der Waals surface area (Å²) < 4.78 is 39.2. The van der Waals surface area contributed by atoms with Crippen LogP contribution in [-0.2, 0) is 9.53 Å². The Morgan fingerprint density at radius 1 is 1.29 bits per heavy atom. The topological polar surface area (TPSA) is 139 Å². The monoisotopic (exact) mass is 586 g/mol. The maximum absolute atomic E-state index is 14.1. The number of alkyl carbamates (subject to hydrolysis) is 1. The van der Waals surface area contributed by atoms with E-state index in [2.05, 4.69) is 5.32 Å². The molecule has 13 heteroatoms. The quantitative estimate of drug-likeness (QED) is 0.228. The lowest BCUT2D eigenvalue weighted by Gasteiger charge is -2.42. The molecule has 2 amide bonds. The Morgan fingerprint density at radius 3 is 2.76 bits per heavy atom. The van der Waals surface area contributed by atoms with Gasteiger partial charge in [0, 0.05) is 35.6 Å². The van der Waals surface area contributed by atoms with Crippen molar-refractivity contribution in [2.45, 2.75) is 75.8 Å². The number of likely N-dealkylation sites (tertiary alicyclic amines) is 2. The van der Waals surface area contributed by atoms with Crippen molar-refractivity contribution in [3.63, 3.8) is 0 Å². The van der Waals surface area contributed by atoms with Crippen molar-refractivity contribution in [1.29, 1.82) is 5.26 Å². The first-order valence-electron chi connectivity index (χ1n) is 14.2. The van der Waals surface area contributed by atoms with Crippen LogP contribution in [0.5, 0.6) is 0 Å². The average Bonchev–Trinajstić information content (AvgIpc) is 3.38. The Balaban J connectivity index is 1.43. The van der Waals surface area contributed by atoms with E-state index in [-0.39, 0.29) is 24.9 Å². The van der Waals surface area contributed by atoms with E-state index >= 15 is 0 Å². The Morgan fingerprint density at radius 2 is 2.05 bits per heavy atom. The molecule has 2 aromatic rings. The number of hydrogen-bond donors (Lipinski definition) is 3. The molecule has 2 atom stereocenters. The second-order valence-electron chi connectivity index (χ2n) is 11.6. The van der Waals surface area contributed by atoms with Crippen LogP contribution < -0.4 is 5.32 Å². The minimum atomic E-state index is -2.83. The molecule has 10 nitrogen and oxygen atoms in total. The van der Waals surface area contributed by atoms with Gasteiger partial charge >= 0.3 is 13.2 Å². The minimum absolute atomic E-state index is 0.146. The number of alkyl halides is 2. The number of rotatable bonds is 9. The van der Waals surface area contributed by atoms with E-state index in [1.807, 2.05) is 18.2 Å². The van der Waals surface area contributed by atoms with Gasteiger partial charge in [0.2, 0.25) is 0 Å². The molecule has 0 radical (unpaired) electrons. The highest BCUT2D eigenvalue weighted by atomic mass is 19.3. The molecule has 0 aliphatic carbocycles. The zero-order chi connectivity index (χ0) is 30.5. The zero-order valence-corrected chi connectivity index (χ0v) is 23.9. The predicted octanol–water partition coefficient (Wildman–Crippen LogP) is 4.01. The molecule has 0 saturated carbocycles. The van der Waals surface area contributed by atoms with E-state index < -0.39 is 49.2 Å². The lowest BCUT2D eigenvalue weighted by atomic mass is 9.80. The molecule has 3 N–H and O–H groups in total. The molecule has 0 spiro atoms. The highest BCUT2D eigenvalue weighted by Crippen LogP contribution is 2.33. The predicted molar refractivity (Wildman–Crippen MR) is 151 cm³/mol. The fourth-order valence-corrected chi connectivity index (χ4v) is 5.72. The van der Waals surface area contributed by atoms with Crippen molar-refractivity contribution in [2.24, 2.45) is 0 Å². The summed E-state index contributed by atoms with van der Waals surface area (Å²) >= 11 is 0. The second kappa shape index (κ2) is 13.2. The summed E-state index contributed by atoms with van der Waals surface area (Å²) in [5.41, 5.74) is -1.10. The summed E-state index contributed by atoms with van der Waals surface area (Å²) in [6.45, 7) is 3.62. The molecule has 1 unspecified atom stereocenters. The van der Waals surface area contributed by atoms with Gasteiger partial charge in [-0.15, -0.1) is 0 Å². The highest BCUT2D eigenvalue weighted by Gasteiger charge is 2.41. The van der Waals surface area contributed by atoms with Crippen LogP contribution in [-0.4, -0.2) is 82.7 Å². The molecule has 42 heavy (non-hydrogen) atoms. The molecule has 2 fully saturated rings. The Hall–Kier alpha value is -3.47. The number of fused-ring (bicyclic) bond motifs is 1. The first-order valence-corrected chi connectivity index (χ1v) is 14.2. The van der Waals surface area contributed by atoms with E-state index in [1.165, 1.54) is 17.2 Å². The van der Waals surface area contributed by atoms with Crippen LogP contribution in [0.3, 0.4) is 0 Å². The SMILES string of the molecule is CC(C)(C=C(C#N)C(=O)N1CCCC[C@@H]1COC(=O)NC(CB(O)O)c1occ2ccccc12)N1CCCC(F)(F)C1. The number of nitrogens with one attached hydrogen (secondary N) is 1. The summed E-state index contributed by atoms with van der Waals surface area (Å²) in [5.74, 6) is -3.01. The first-order chi connectivity index (χ1) is 19.9. The number of piperidine rings is 2. The number of benzene rings is 1. The van der Waals surface area contributed by atoms with Crippen molar-refractivity contribution >= 4 is 29.9 Å². The third-order valence-corrected chi connectivity index (χ3v) is 7.95. The van der Waals surface area contributed by atoms with E-state index in [0.717, 1.165) is 11.8 Å². The number of ether oxygens (including phenoxy) is 1. The van der Waals surface area contributed by atoms with Gasteiger partial charge in [-0.1, -0.05) is 24.3 Å². The van der Waals surface area contributed by atoms with Gasteiger partial charge in [0.1, 0.15) is 24.0 Å². The molecule has 0 bridgehead atoms. The third-order valence-electron chi connectivity index (χ3n) is 7.95. The van der Waals surface area contributed by atoms with Crippen LogP contribution in [0.25, 0.3) is 10.8 Å². The van der Waals surface area contributed by atoms with Gasteiger partial charge in [0.25, 0.3) is 11.8 Å². The number of hydrogen-bond acceptors (Lipinski definition) is 8. The number of nitrogens with zero attached hydrogens (tertiary/aromatic N) is 3. The Labute approximate surface area is 244 Å². The van der Waals surface area contributed by atoms with E-state index in [9.17, 15) is 33.7 Å². The van der Waals surface area contributed by atoms with Crippen LogP contribution >= 0.6 is 0 Å². The number of carbonyl (C=O) groups is 2. The highest BCUT2D eigenvalue weighted by molar-refractivity contribution is 6.41. The van der Waals surface area contributed by atoms with E-state index in [0.29, 0.717) is 43.5 Å². The Kier molecular flexibility index (Phi) is 9.91. The van der Waals surface area contributed by atoms with Gasteiger partial charge in [-0.05, 0) is 52.2 Å². The van der Waals surface area contributed by atoms with Crippen LogP contribution in [0, 0.1) is 11.3 Å². The summed E-state index contributed by atoms with van der Waals surface area (Å²) in [7, 11) is -1.72. The molecule has 2 aliphatic rings.